The van der Waals surface area contributed by atoms with Crippen LogP contribution in [0.5, 0.6) is 11.5 Å². The van der Waals surface area contributed by atoms with Crippen molar-refractivity contribution in [3.05, 3.63) is 60.2 Å². The van der Waals surface area contributed by atoms with Crippen molar-refractivity contribution in [1.29, 1.82) is 0 Å². The van der Waals surface area contributed by atoms with Crippen molar-refractivity contribution in [2.24, 2.45) is 0 Å². The molecule has 0 aromatic heterocycles. The van der Waals surface area contributed by atoms with Crippen LogP contribution >= 0.6 is 0 Å². The second-order valence-electron chi connectivity index (χ2n) is 5.45. The number of para-hydroxylation sites is 1. The second-order valence-corrected chi connectivity index (χ2v) is 5.45. The Bertz CT molecular complexity index is 702. The van der Waals surface area contributed by atoms with Gasteiger partial charge in [0.05, 0.1) is 6.61 Å². The first-order chi connectivity index (χ1) is 12.1. The molecule has 1 amide bonds. The van der Waals surface area contributed by atoms with Gasteiger partial charge in [-0.25, -0.2) is 4.79 Å². The van der Waals surface area contributed by atoms with Crippen LogP contribution in [0.3, 0.4) is 0 Å². The molecule has 2 aromatic rings. The summed E-state index contributed by atoms with van der Waals surface area (Å²) in [6, 6.07) is 16.0. The SMILES string of the molecule is CN(CCCOc1ccccc1)C(=O)c1cccc(OCC(=O)O)c1. The highest BCUT2D eigenvalue weighted by molar-refractivity contribution is 5.94. The quantitative estimate of drug-likeness (QED) is 0.709. The molecule has 1 N–H and O–H groups in total. The van der Waals surface area contributed by atoms with Crippen LogP contribution in [0, 0.1) is 0 Å². The molecule has 0 aliphatic carbocycles. The molecule has 2 aromatic carbocycles. The number of carboxylic acids is 1. The highest BCUT2D eigenvalue weighted by Crippen LogP contribution is 2.15. The van der Waals surface area contributed by atoms with E-state index >= 15 is 0 Å². The Hall–Kier alpha value is -3.02. The van der Waals surface area contributed by atoms with Gasteiger partial charge in [-0.3, -0.25) is 4.79 Å². The molecule has 0 unspecified atom stereocenters. The van der Waals surface area contributed by atoms with Crippen LogP contribution in [-0.4, -0.2) is 48.7 Å². The maximum atomic E-state index is 12.4. The van der Waals surface area contributed by atoms with Gasteiger partial charge in [0.1, 0.15) is 11.5 Å². The predicted octanol–water partition coefficient (Wildman–Crippen LogP) is 2.69. The van der Waals surface area contributed by atoms with Crippen molar-refractivity contribution in [3.63, 3.8) is 0 Å². The van der Waals surface area contributed by atoms with E-state index < -0.39 is 12.6 Å². The second kappa shape index (κ2) is 9.32. The van der Waals surface area contributed by atoms with Gasteiger partial charge in [-0.1, -0.05) is 24.3 Å². The molecule has 25 heavy (non-hydrogen) atoms. The van der Waals surface area contributed by atoms with E-state index in [1.54, 1.807) is 36.2 Å². The molecule has 0 spiro atoms. The van der Waals surface area contributed by atoms with Crippen molar-refractivity contribution in [2.45, 2.75) is 6.42 Å². The van der Waals surface area contributed by atoms with Gasteiger partial charge in [-0.15, -0.1) is 0 Å². The molecule has 0 atom stereocenters. The molecule has 0 aliphatic heterocycles. The Morgan fingerprint density at radius 1 is 1.00 bits per heavy atom. The third-order valence-electron chi connectivity index (χ3n) is 3.44. The number of nitrogens with zero attached hydrogens (tertiary/aromatic N) is 1. The highest BCUT2D eigenvalue weighted by Gasteiger charge is 2.12. The zero-order chi connectivity index (χ0) is 18.1. The summed E-state index contributed by atoms with van der Waals surface area (Å²) in [6.45, 7) is 0.625. The lowest BCUT2D eigenvalue weighted by molar-refractivity contribution is -0.139. The fourth-order valence-electron chi connectivity index (χ4n) is 2.19. The van der Waals surface area contributed by atoms with E-state index in [1.165, 1.54) is 0 Å². The molecule has 2 rings (SSSR count). The number of benzene rings is 2. The summed E-state index contributed by atoms with van der Waals surface area (Å²) < 4.78 is 10.7. The number of hydrogen-bond donors (Lipinski definition) is 1. The Labute approximate surface area is 146 Å². The Morgan fingerprint density at radius 2 is 1.72 bits per heavy atom. The summed E-state index contributed by atoms with van der Waals surface area (Å²) in [5, 5.41) is 8.63. The zero-order valence-corrected chi connectivity index (χ0v) is 14.1. The zero-order valence-electron chi connectivity index (χ0n) is 14.1. The van der Waals surface area contributed by atoms with E-state index in [4.69, 9.17) is 14.6 Å². The van der Waals surface area contributed by atoms with Crippen LogP contribution in [0.4, 0.5) is 0 Å². The summed E-state index contributed by atoms with van der Waals surface area (Å²) in [4.78, 5) is 24.6. The molecule has 0 radical (unpaired) electrons. The van der Waals surface area contributed by atoms with Gasteiger partial charge in [0.2, 0.25) is 0 Å². The van der Waals surface area contributed by atoms with E-state index in [0.717, 1.165) is 5.75 Å². The summed E-state index contributed by atoms with van der Waals surface area (Å²) in [7, 11) is 1.72. The first-order valence-corrected chi connectivity index (χ1v) is 7.94. The molecule has 0 aliphatic rings. The van der Waals surface area contributed by atoms with E-state index in [0.29, 0.717) is 30.9 Å². The first kappa shape index (κ1) is 18.3. The molecule has 0 saturated heterocycles. The lowest BCUT2D eigenvalue weighted by atomic mass is 10.2. The number of aliphatic carboxylic acids is 1. The molecule has 0 fully saturated rings. The number of carboxylic acid groups (broad SMARTS) is 1. The van der Waals surface area contributed by atoms with Gasteiger partial charge in [-0.2, -0.15) is 0 Å². The summed E-state index contributed by atoms with van der Waals surface area (Å²) >= 11 is 0. The third kappa shape index (κ3) is 6.18. The first-order valence-electron chi connectivity index (χ1n) is 7.94. The Kier molecular flexibility index (Phi) is 6.83. The topological polar surface area (TPSA) is 76.1 Å². The van der Waals surface area contributed by atoms with Crippen LogP contribution in [-0.2, 0) is 4.79 Å². The fourth-order valence-corrected chi connectivity index (χ4v) is 2.19. The minimum Gasteiger partial charge on any atom is -0.494 e. The van der Waals surface area contributed by atoms with Crippen LogP contribution in [0.25, 0.3) is 0 Å². The maximum Gasteiger partial charge on any atom is 0.341 e. The number of amides is 1. The normalized spacial score (nSPS) is 10.1. The van der Waals surface area contributed by atoms with Gasteiger partial charge in [0.15, 0.2) is 6.61 Å². The summed E-state index contributed by atoms with van der Waals surface area (Å²) in [5.74, 6) is -0.0541. The van der Waals surface area contributed by atoms with Gasteiger partial charge in [0, 0.05) is 19.2 Å². The van der Waals surface area contributed by atoms with Gasteiger partial charge in [-0.05, 0) is 36.8 Å². The Balaban J connectivity index is 1.80. The lowest BCUT2D eigenvalue weighted by Gasteiger charge is -2.17. The largest absolute Gasteiger partial charge is 0.494 e. The minimum atomic E-state index is -1.06. The van der Waals surface area contributed by atoms with Gasteiger partial charge >= 0.3 is 5.97 Å². The predicted molar refractivity (Wildman–Crippen MR) is 93.1 cm³/mol. The molecular formula is C19H21NO5. The van der Waals surface area contributed by atoms with Crippen LogP contribution in [0.2, 0.25) is 0 Å². The maximum absolute atomic E-state index is 12.4. The summed E-state index contributed by atoms with van der Waals surface area (Å²) in [6.07, 6.45) is 0.701. The molecule has 0 heterocycles. The van der Waals surface area contributed by atoms with Crippen molar-refractivity contribution >= 4 is 11.9 Å². The molecule has 0 bridgehead atoms. The lowest BCUT2D eigenvalue weighted by Crippen LogP contribution is -2.28. The van der Waals surface area contributed by atoms with E-state index in [1.807, 2.05) is 30.3 Å². The third-order valence-corrected chi connectivity index (χ3v) is 3.44. The number of carbonyl (C=O) groups excluding carboxylic acids is 1. The van der Waals surface area contributed by atoms with Crippen LogP contribution in [0.1, 0.15) is 16.8 Å². The number of hydrogen-bond acceptors (Lipinski definition) is 4. The molecule has 132 valence electrons. The van der Waals surface area contributed by atoms with Crippen molar-refractivity contribution in [3.8, 4) is 11.5 Å². The average molecular weight is 343 g/mol. The molecule has 6 heteroatoms. The number of ether oxygens (including phenoxy) is 2. The van der Waals surface area contributed by atoms with Crippen molar-refractivity contribution in [1.82, 2.24) is 4.90 Å². The number of carbonyl (C=O) groups is 2. The minimum absolute atomic E-state index is 0.152. The average Bonchev–Trinajstić information content (AvgIpc) is 2.64. The van der Waals surface area contributed by atoms with Crippen LogP contribution < -0.4 is 9.47 Å². The Morgan fingerprint density at radius 3 is 2.44 bits per heavy atom. The van der Waals surface area contributed by atoms with Crippen molar-refractivity contribution in [2.75, 3.05) is 26.8 Å². The molecule has 6 nitrogen and oxygen atoms in total. The monoisotopic (exact) mass is 343 g/mol. The van der Waals surface area contributed by atoms with E-state index in [2.05, 4.69) is 0 Å². The molecule has 0 saturated carbocycles. The fraction of sp³-hybridized carbons (Fsp3) is 0.263. The van der Waals surface area contributed by atoms with Crippen molar-refractivity contribution < 1.29 is 24.2 Å². The summed E-state index contributed by atoms with van der Waals surface area (Å²) in [5.41, 5.74) is 0.453. The number of rotatable bonds is 9. The van der Waals surface area contributed by atoms with Gasteiger partial charge < -0.3 is 19.5 Å². The van der Waals surface area contributed by atoms with Gasteiger partial charge in [0.25, 0.3) is 5.91 Å². The van der Waals surface area contributed by atoms with Crippen LogP contribution in [0.15, 0.2) is 54.6 Å². The van der Waals surface area contributed by atoms with E-state index in [-0.39, 0.29) is 5.91 Å². The van der Waals surface area contributed by atoms with E-state index in [9.17, 15) is 9.59 Å². The standard InChI is InChI=1S/C19H21NO5/c1-20(11-6-12-24-16-8-3-2-4-9-16)19(23)15-7-5-10-17(13-15)25-14-18(21)22/h2-5,7-10,13H,6,11-12,14H2,1H3,(H,21,22). The highest BCUT2D eigenvalue weighted by atomic mass is 16.5. The smallest absolute Gasteiger partial charge is 0.341 e. The molecular weight excluding hydrogens is 322 g/mol.